The van der Waals surface area contributed by atoms with Crippen molar-refractivity contribution in [3.8, 4) is 11.3 Å². The molecule has 1 aromatic heterocycles. The smallest absolute Gasteiger partial charge is 0.272 e. The summed E-state index contributed by atoms with van der Waals surface area (Å²) in [5.41, 5.74) is 2.56. The van der Waals surface area contributed by atoms with Crippen LogP contribution in [0.4, 0.5) is 5.69 Å². The van der Waals surface area contributed by atoms with Gasteiger partial charge < -0.3 is 15.1 Å². The van der Waals surface area contributed by atoms with Gasteiger partial charge in [0.15, 0.2) is 5.78 Å². The van der Waals surface area contributed by atoms with Gasteiger partial charge in [0.05, 0.1) is 5.75 Å². The lowest BCUT2D eigenvalue weighted by Gasteiger charge is -2.11. The third-order valence-corrected chi connectivity index (χ3v) is 7.09. The van der Waals surface area contributed by atoms with Gasteiger partial charge in [0, 0.05) is 33.3 Å². The molecule has 5 rings (SSSR count). The lowest BCUT2D eigenvalue weighted by Crippen LogP contribution is -2.30. The molecule has 0 saturated heterocycles. The second-order valence-electron chi connectivity index (χ2n) is 9.00. The summed E-state index contributed by atoms with van der Waals surface area (Å²) in [5, 5.41) is 5.55. The van der Waals surface area contributed by atoms with Gasteiger partial charge in [0.25, 0.3) is 11.8 Å². The molecule has 41 heavy (non-hydrogen) atoms. The molecule has 4 aromatic carbocycles. The van der Waals surface area contributed by atoms with Gasteiger partial charge >= 0.3 is 0 Å². The number of amides is 2. The first-order valence-electron chi connectivity index (χ1n) is 12.9. The van der Waals surface area contributed by atoms with Crippen LogP contribution in [0.25, 0.3) is 17.4 Å². The summed E-state index contributed by atoms with van der Waals surface area (Å²) in [7, 11) is 0. The molecule has 7 heteroatoms. The second kappa shape index (κ2) is 13.3. The first-order chi connectivity index (χ1) is 20.0. The van der Waals surface area contributed by atoms with E-state index in [0.717, 1.165) is 10.5 Å². The molecule has 0 atom stereocenters. The molecular formula is C34H26N2O4S. The van der Waals surface area contributed by atoms with Crippen LogP contribution in [0.15, 0.2) is 142 Å². The monoisotopic (exact) mass is 558 g/mol. The van der Waals surface area contributed by atoms with Gasteiger partial charge in [-0.1, -0.05) is 78.9 Å². The van der Waals surface area contributed by atoms with Gasteiger partial charge in [0.1, 0.15) is 17.2 Å². The number of hydrogen-bond donors (Lipinski definition) is 2. The summed E-state index contributed by atoms with van der Waals surface area (Å²) >= 11 is 1.42. The van der Waals surface area contributed by atoms with E-state index in [-0.39, 0.29) is 11.5 Å². The van der Waals surface area contributed by atoms with Crippen molar-refractivity contribution < 1.29 is 18.8 Å². The first kappa shape index (κ1) is 27.4. The standard InChI is InChI=1S/C34H26N2O4S/c37-31(24-10-4-1-5-11-24)23-41-29-19-16-27(17-20-29)35-34(39)30(36-33(38)26-14-8-3-9-15-26)22-28-18-21-32(40-28)25-12-6-2-7-13-25/h1-22H,23H2,(H,35,39)(H,36,38)/b30-22+. The van der Waals surface area contributed by atoms with Gasteiger partial charge in [-0.25, -0.2) is 0 Å². The highest BCUT2D eigenvalue weighted by molar-refractivity contribution is 8.00. The van der Waals surface area contributed by atoms with Crippen LogP contribution < -0.4 is 10.6 Å². The lowest BCUT2D eigenvalue weighted by atomic mass is 10.2. The zero-order valence-electron chi connectivity index (χ0n) is 22.0. The molecule has 202 valence electrons. The number of anilines is 1. The molecule has 2 N–H and O–H groups in total. The van der Waals surface area contributed by atoms with E-state index in [1.54, 1.807) is 54.6 Å². The molecule has 0 aliphatic rings. The van der Waals surface area contributed by atoms with Crippen LogP contribution in [-0.2, 0) is 4.79 Å². The third-order valence-electron chi connectivity index (χ3n) is 6.08. The van der Waals surface area contributed by atoms with Gasteiger partial charge in [-0.3, -0.25) is 14.4 Å². The van der Waals surface area contributed by atoms with E-state index < -0.39 is 11.8 Å². The number of carbonyl (C=O) groups excluding carboxylic acids is 3. The van der Waals surface area contributed by atoms with Crippen molar-refractivity contribution in [2.24, 2.45) is 0 Å². The van der Waals surface area contributed by atoms with Crippen molar-refractivity contribution in [3.63, 3.8) is 0 Å². The number of ketones is 1. The molecule has 0 saturated carbocycles. The maximum absolute atomic E-state index is 13.3. The highest BCUT2D eigenvalue weighted by atomic mass is 32.2. The summed E-state index contributed by atoms with van der Waals surface area (Å²) in [6.45, 7) is 0. The predicted octanol–water partition coefficient (Wildman–Crippen LogP) is 7.33. The quantitative estimate of drug-likeness (QED) is 0.106. The number of thioether (sulfide) groups is 1. The molecule has 0 unspecified atom stereocenters. The molecule has 0 fully saturated rings. The maximum Gasteiger partial charge on any atom is 0.272 e. The fraction of sp³-hybridized carbons (Fsp3) is 0.0294. The van der Waals surface area contributed by atoms with Gasteiger partial charge in [-0.2, -0.15) is 0 Å². The van der Waals surface area contributed by atoms with Gasteiger partial charge in [-0.15, -0.1) is 11.8 Å². The molecule has 0 radical (unpaired) electrons. The first-order valence-corrected chi connectivity index (χ1v) is 13.9. The molecule has 5 aromatic rings. The minimum Gasteiger partial charge on any atom is -0.457 e. The number of rotatable bonds is 10. The highest BCUT2D eigenvalue weighted by Crippen LogP contribution is 2.24. The van der Waals surface area contributed by atoms with Crippen molar-refractivity contribution in [3.05, 3.63) is 150 Å². The Morgan fingerprint density at radius 1 is 0.683 bits per heavy atom. The Kier molecular flexibility index (Phi) is 8.88. The molecular weight excluding hydrogens is 532 g/mol. The van der Waals surface area contributed by atoms with E-state index in [4.69, 9.17) is 4.42 Å². The maximum atomic E-state index is 13.3. The predicted molar refractivity (Wildman–Crippen MR) is 163 cm³/mol. The SMILES string of the molecule is O=C(Nc1ccc(SCC(=O)c2ccccc2)cc1)/C(=C\c1ccc(-c2ccccc2)o1)NC(=O)c1ccccc1. The molecule has 1 heterocycles. The van der Waals surface area contributed by atoms with E-state index in [9.17, 15) is 14.4 Å². The van der Waals surface area contributed by atoms with Crippen LogP contribution >= 0.6 is 11.8 Å². The molecule has 0 aliphatic carbocycles. The number of nitrogens with one attached hydrogen (secondary N) is 2. The Bertz CT molecular complexity index is 1660. The van der Waals surface area contributed by atoms with Crippen molar-refractivity contribution in [2.45, 2.75) is 4.90 Å². The van der Waals surface area contributed by atoms with Crippen LogP contribution in [0.5, 0.6) is 0 Å². The molecule has 2 amide bonds. The van der Waals surface area contributed by atoms with Crippen molar-refractivity contribution >= 4 is 41.1 Å². The van der Waals surface area contributed by atoms with Gasteiger partial charge in [0.2, 0.25) is 0 Å². The Balaban J connectivity index is 1.30. The normalized spacial score (nSPS) is 11.1. The lowest BCUT2D eigenvalue weighted by molar-refractivity contribution is -0.113. The third kappa shape index (κ3) is 7.50. The van der Waals surface area contributed by atoms with E-state index >= 15 is 0 Å². The van der Waals surface area contributed by atoms with Gasteiger partial charge in [-0.05, 0) is 48.5 Å². The van der Waals surface area contributed by atoms with Crippen LogP contribution in [0, 0.1) is 0 Å². The second-order valence-corrected chi connectivity index (χ2v) is 10.1. The average molecular weight is 559 g/mol. The number of Topliss-reactive ketones (excluding diaryl/α,β-unsaturated/α-hetero) is 1. The Hall–Kier alpha value is -5.14. The molecule has 0 aliphatic heterocycles. The highest BCUT2D eigenvalue weighted by Gasteiger charge is 2.16. The topological polar surface area (TPSA) is 88.4 Å². The molecule has 6 nitrogen and oxygen atoms in total. The largest absolute Gasteiger partial charge is 0.457 e. The Labute approximate surface area is 242 Å². The summed E-state index contributed by atoms with van der Waals surface area (Å²) in [6, 6.07) is 38.2. The van der Waals surface area contributed by atoms with Crippen LogP contribution in [0.2, 0.25) is 0 Å². The summed E-state index contributed by atoms with van der Waals surface area (Å²) in [6.07, 6.45) is 1.50. The number of carbonyl (C=O) groups is 3. The number of benzene rings is 4. The fourth-order valence-electron chi connectivity index (χ4n) is 3.96. The Morgan fingerprint density at radius 3 is 1.95 bits per heavy atom. The van der Waals surface area contributed by atoms with Crippen LogP contribution in [0.3, 0.4) is 0 Å². The van der Waals surface area contributed by atoms with Crippen molar-refractivity contribution in [1.82, 2.24) is 5.32 Å². The number of furan rings is 1. The molecule has 0 spiro atoms. The van der Waals surface area contributed by atoms with E-state index in [2.05, 4.69) is 10.6 Å². The fourth-order valence-corrected chi connectivity index (χ4v) is 4.75. The van der Waals surface area contributed by atoms with Crippen molar-refractivity contribution in [1.29, 1.82) is 0 Å². The summed E-state index contributed by atoms with van der Waals surface area (Å²) < 4.78 is 5.94. The van der Waals surface area contributed by atoms with E-state index in [1.807, 2.05) is 72.8 Å². The Morgan fingerprint density at radius 2 is 1.29 bits per heavy atom. The van der Waals surface area contributed by atoms with Crippen molar-refractivity contribution in [2.75, 3.05) is 11.1 Å². The average Bonchev–Trinajstić information content (AvgIpc) is 3.50. The summed E-state index contributed by atoms with van der Waals surface area (Å²) in [5.74, 6) is 0.484. The van der Waals surface area contributed by atoms with E-state index in [0.29, 0.717) is 34.1 Å². The zero-order valence-corrected chi connectivity index (χ0v) is 22.8. The van der Waals surface area contributed by atoms with Crippen LogP contribution in [0.1, 0.15) is 26.5 Å². The number of hydrogen-bond acceptors (Lipinski definition) is 5. The van der Waals surface area contributed by atoms with Crippen LogP contribution in [-0.4, -0.2) is 23.4 Å². The molecule has 0 bridgehead atoms. The minimum absolute atomic E-state index is 0.0275. The van der Waals surface area contributed by atoms with E-state index in [1.165, 1.54) is 17.8 Å². The minimum atomic E-state index is -0.508. The zero-order chi connectivity index (χ0) is 28.4. The summed E-state index contributed by atoms with van der Waals surface area (Å²) in [4.78, 5) is 39.5.